The van der Waals surface area contributed by atoms with Crippen LogP contribution in [0.2, 0.25) is 0 Å². The predicted molar refractivity (Wildman–Crippen MR) is 92.6 cm³/mol. The monoisotopic (exact) mass is 325 g/mol. The predicted octanol–water partition coefficient (Wildman–Crippen LogP) is 3.51. The Hall–Kier alpha value is -2.14. The summed E-state index contributed by atoms with van der Waals surface area (Å²) in [5.74, 6) is 2.14. The molecule has 5 heteroatoms. The van der Waals surface area contributed by atoms with Gasteiger partial charge in [0.2, 0.25) is 5.91 Å². The molecule has 0 bridgehead atoms. The molecule has 2 heterocycles. The Labute approximate surface area is 141 Å². The van der Waals surface area contributed by atoms with Gasteiger partial charge in [0, 0.05) is 24.2 Å². The third kappa shape index (κ3) is 3.08. The van der Waals surface area contributed by atoms with Crippen LogP contribution in [-0.4, -0.2) is 23.0 Å². The van der Waals surface area contributed by atoms with Gasteiger partial charge in [-0.3, -0.25) is 4.79 Å². The van der Waals surface area contributed by atoms with Crippen LogP contribution in [0.1, 0.15) is 38.0 Å². The first kappa shape index (κ1) is 15.4. The molecule has 3 unspecified atom stereocenters. The number of oxazole rings is 1. The smallest absolute Gasteiger partial charge is 0.241 e. The summed E-state index contributed by atoms with van der Waals surface area (Å²) in [6.45, 7) is 1.82. The highest BCUT2D eigenvalue weighted by molar-refractivity contribution is 5.95. The van der Waals surface area contributed by atoms with E-state index in [-0.39, 0.29) is 11.9 Å². The van der Waals surface area contributed by atoms with Crippen molar-refractivity contribution in [3.63, 3.8) is 0 Å². The molecule has 1 saturated carbocycles. The third-order valence-electron chi connectivity index (χ3n) is 5.24. The minimum absolute atomic E-state index is 0.0605. The van der Waals surface area contributed by atoms with Crippen LogP contribution in [0.4, 0.5) is 5.69 Å². The number of aryl methyl sites for hydroxylation is 1. The molecule has 5 nitrogen and oxygen atoms in total. The van der Waals surface area contributed by atoms with Crippen molar-refractivity contribution >= 4 is 11.6 Å². The average molecular weight is 325 g/mol. The zero-order valence-electron chi connectivity index (χ0n) is 13.9. The SMILES string of the molecule is Cc1ncc(-c2ccc(NC(=O)C3CC4CCCCC4N3)cc2)o1. The maximum absolute atomic E-state index is 12.5. The first-order valence-corrected chi connectivity index (χ1v) is 8.79. The Kier molecular flexibility index (Phi) is 4.10. The Balaban J connectivity index is 1.39. The van der Waals surface area contributed by atoms with Gasteiger partial charge in [-0.05, 0) is 49.4 Å². The number of fused-ring (bicyclic) bond motifs is 1. The molecule has 2 aromatic rings. The summed E-state index contributed by atoms with van der Waals surface area (Å²) in [5, 5.41) is 6.55. The van der Waals surface area contributed by atoms with Crippen LogP contribution in [0.3, 0.4) is 0 Å². The van der Waals surface area contributed by atoms with E-state index < -0.39 is 0 Å². The number of benzene rings is 1. The van der Waals surface area contributed by atoms with Gasteiger partial charge in [-0.2, -0.15) is 0 Å². The lowest BCUT2D eigenvalue weighted by molar-refractivity contribution is -0.117. The first-order valence-electron chi connectivity index (χ1n) is 8.79. The van der Waals surface area contributed by atoms with Crippen molar-refractivity contribution in [2.24, 2.45) is 5.92 Å². The van der Waals surface area contributed by atoms with Crippen LogP contribution in [0.25, 0.3) is 11.3 Å². The summed E-state index contributed by atoms with van der Waals surface area (Å²) < 4.78 is 5.52. The Morgan fingerprint density at radius 1 is 1.25 bits per heavy atom. The summed E-state index contributed by atoms with van der Waals surface area (Å²) in [6.07, 6.45) is 7.73. The molecule has 0 radical (unpaired) electrons. The van der Waals surface area contributed by atoms with Gasteiger partial charge in [0.1, 0.15) is 0 Å². The third-order valence-corrected chi connectivity index (χ3v) is 5.24. The van der Waals surface area contributed by atoms with Crippen LogP contribution >= 0.6 is 0 Å². The normalized spacial score (nSPS) is 26.1. The van der Waals surface area contributed by atoms with Gasteiger partial charge in [0.05, 0.1) is 12.2 Å². The molecule has 1 aromatic carbocycles. The van der Waals surface area contributed by atoms with Crippen molar-refractivity contribution in [1.29, 1.82) is 0 Å². The first-order chi connectivity index (χ1) is 11.7. The molecule has 1 aromatic heterocycles. The number of anilines is 1. The maximum Gasteiger partial charge on any atom is 0.241 e. The second-order valence-corrected chi connectivity index (χ2v) is 6.92. The van der Waals surface area contributed by atoms with Crippen LogP contribution in [0.15, 0.2) is 34.9 Å². The van der Waals surface area contributed by atoms with E-state index in [9.17, 15) is 4.79 Å². The molecule has 2 fully saturated rings. The molecular formula is C19H23N3O2. The Morgan fingerprint density at radius 2 is 2.04 bits per heavy atom. The quantitative estimate of drug-likeness (QED) is 0.906. The lowest BCUT2D eigenvalue weighted by Crippen LogP contribution is -2.39. The summed E-state index contributed by atoms with van der Waals surface area (Å²) >= 11 is 0. The minimum atomic E-state index is -0.0605. The molecular weight excluding hydrogens is 302 g/mol. The lowest BCUT2D eigenvalue weighted by atomic mass is 9.85. The molecule has 1 aliphatic heterocycles. The molecule has 2 N–H and O–H groups in total. The lowest BCUT2D eigenvalue weighted by Gasteiger charge is -2.24. The second kappa shape index (κ2) is 6.40. The van der Waals surface area contributed by atoms with Crippen LogP contribution in [0.5, 0.6) is 0 Å². The van der Waals surface area contributed by atoms with E-state index in [1.165, 1.54) is 25.7 Å². The van der Waals surface area contributed by atoms with Crippen LogP contribution in [0, 0.1) is 12.8 Å². The number of aromatic nitrogens is 1. The maximum atomic E-state index is 12.5. The number of carbonyl (C=O) groups is 1. The van der Waals surface area contributed by atoms with E-state index in [1.54, 1.807) is 6.20 Å². The molecule has 4 rings (SSSR count). The van der Waals surface area contributed by atoms with Gasteiger partial charge < -0.3 is 15.1 Å². The van der Waals surface area contributed by atoms with Crippen molar-refractivity contribution < 1.29 is 9.21 Å². The van der Waals surface area contributed by atoms with Gasteiger partial charge in [-0.1, -0.05) is 12.8 Å². The van der Waals surface area contributed by atoms with Crippen molar-refractivity contribution in [1.82, 2.24) is 10.3 Å². The topological polar surface area (TPSA) is 67.2 Å². The van der Waals surface area contributed by atoms with Gasteiger partial charge in [0.15, 0.2) is 11.7 Å². The van der Waals surface area contributed by atoms with Crippen molar-refractivity contribution in [3.05, 3.63) is 36.4 Å². The molecule has 126 valence electrons. The molecule has 1 amide bonds. The number of rotatable bonds is 3. The highest BCUT2D eigenvalue weighted by atomic mass is 16.4. The zero-order chi connectivity index (χ0) is 16.5. The van der Waals surface area contributed by atoms with E-state index >= 15 is 0 Å². The standard InChI is InChI=1S/C19H23N3O2/c1-12-20-11-18(24-12)13-6-8-15(9-7-13)21-19(23)17-10-14-4-2-3-5-16(14)22-17/h6-9,11,14,16-17,22H,2-5,10H2,1H3,(H,21,23). The van der Waals surface area contributed by atoms with E-state index in [1.807, 2.05) is 31.2 Å². The summed E-state index contributed by atoms with van der Waals surface area (Å²) in [7, 11) is 0. The fourth-order valence-corrected chi connectivity index (χ4v) is 3.96. The average Bonchev–Trinajstić information content (AvgIpc) is 3.21. The van der Waals surface area contributed by atoms with E-state index in [0.29, 0.717) is 17.9 Å². The fourth-order valence-electron chi connectivity index (χ4n) is 3.96. The van der Waals surface area contributed by atoms with Crippen molar-refractivity contribution in [2.75, 3.05) is 5.32 Å². The molecule has 24 heavy (non-hydrogen) atoms. The number of carbonyl (C=O) groups excluding carboxylic acids is 1. The summed E-state index contributed by atoms with van der Waals surface area (Å²) in [4.78, 5) is 16.6. The van der Waals surface area contributed by atoms with E-state index in [4.69, 9.17) is 4.42 Å². The van der Waals surface area contributed by atoms with Gasteiger partial charge in [0.25, 0.3) is 0 Å². The Bertz CT molecular complexity index is 708. The Morgan fingerprint density at radius 3 is 2.75 bits per heavy atom. The fraction of sp³-hybridized carbons (Fsp3) is 0.474. The summed E-state index contributed by atoms with van der Waals surface area (Å²) in [5.41, 5.74) is 1.77. The van der Waals surface area contributed by atoms with Gasteiger partial charge in [-0.15, -0.1) is 0 Å². The molecule has 0 spiro atoms. The largest absolute Gasteiger partial charge is 0.441 e. The number of hydrogen-bond donors (Lipinski definition) is 2. The molecule has 1 aliphatic carbocycles. The van der Waals surface area contributed by atoms with Crippen LogP contribution < -0.4 is 10.6 Å². The number of hydrogen-bond acceptors (Lipinski definition) is 4. The number of nitrogens with one attached hydrogen (secondary N) is 2. The van der Waals surface area contributed by atoms with Gasteiger partial charge >= 0.3 is 0 Å². The van der Waals surface area contributed by atoms with E-state index in [2.05, 4.69) is 15.6 Å². The highest BCUT2D eigenvalue weighted by Crippen LogP contribution is 2.33. The molecule has 1 saturated heterocycles. The zero-order valence-corrected chi connectivity index (χ0v) is 13.9. The molecule has 2 aliphatic rings. The molecule has 3 atom stereocenters. The number of nitrogens with zero attached hydrogens (tertiary/aromatic N) is 1. The van der Waals surface area contributed by atoms with Crippen molar-refractivity contribution in [2.45, 2.75) is 51.1 Å². The summed E-state index contributed by atoms with van der Waals surface area (Å²) in [6, 6.07) is 8.18. The van der Waals surface area contributed by atoms with E-state index in [0.717, 1.165) is 23.4 Å². The number of amides is 1. The van der Waals surface area contributed by atoms with Gasteiger partial charge in [-0.25, -0.2) is 4.98 Å². The minimum Gasteiger partial charge on any atom is -0.441 e. The van der Waals surface area contributed by atoms with Crippen molar-refractivity contribution in [3.8, 4) is 11.3 Å². The van der Waals surface area contributed by atoms with Crippen LogP contribution in [-0.2, 0) is 4.79 Å². The highest BCUT2D eigenvalue weighted by Gasteiger charge is 2.38. The second-order valence-electron chi connectivity index (χ2n) is 6.92.